The van der Waals surface area contributed by atoms with Crippen molar-refractivity contribution in [2.45, 2.75) is 11.7 Å². The van der Waals surface area contributed by atoms with Crippen molar-refractivity contribution in [1.82, 2.24) is 20.1 Å². The van der Waals surface area contributed by atoms with Crippen molar-refractivity contribution in [2.24, 2.45) is 0 Å². The van der Waals surface area contributed by atoms with Gasteiger partial charge in [-0.3, -0.25) is 9.89 Å². The van der Waals surface area contributed by atoms with Crippen LogP contribution in [-0.4, -0.2) is 45.9 Å². The number of thioether (sulfide) groups is 1. The standard InChI is InChI=1S/C19H19FN4O2S/c1-24(11-14-5-3-4-6-16(14)20)17(25)12-27-19-21-18(22-23-19)13-7-9-15(26-2)10-8-13/h3-10H,11-12H2,1-2H3,(H,21,22,23). The monoisotopic (exact) mass is 386 g/mol. The molecule has 3 rings (SSSR count). The highest BCUT2D eigenvalue weighted by molar-refractivity contribution is 7.99. The minimum atomic E-state index is -0.317. The third-order valence-electron chi connectivity index (χ3n) is 3.94. The second kappa shape index (κ2) is 8.68. The molecule has 1 N–H and O–H groups in total. The molecule has 1 amide bonds. The van der Waals surface area contributed by atoms with Crippen LogP contribution in [0.3, 0.4) is 0 Å². The number of nitrogens with one attached hydrogen (secondary N) is 1. The minimum absolute atomic E-state index is 0.126. The first-order valence-corrected chi connectivity index (χ1v) is 9.22. The largest absolute Gasteiger partial charge is 0.497 e. The Morgan fingerprint density at radius 1 is 1.22 bits per heavy atom. The summed E-state index contributed by atoms with van der Waals surface area (Å²) in [5, 5.41) is 7.47. The lowest BCUT2D eigenvalue weighted by atomic mass is 10.2. The van der Waals surface area contributed by atoms with Gasteiger partial charge in [-0.2, -0.15) is 0 Å². The number of hydrogen-bond acceptors (Lipinski definition) is 5. The van der Waals surface area contributed by atoms with Gasteiger partial charge in [-0.1, -0.05) is 30.0 Å². The van der Waals surface area contributed by atoms with Gasteiger partial charge < -0.3 is 9.64 Å². The number of nitrogens with zero attached hydrogens (tertiary/aromatic N) is 3. The molecule has 0 bridgehead atoms. The molecule has 2 aromatic carbocycles. The van der Waals surface area contributed by atoms with Crippen LogP contribution in [0.4, 0.5) is 4.39 Å². The summed E-state index contributed by atoms with van der Waals surface area (Å²) in [6.45, 7) is 0.219. The maximum absolute atomic E-state index is 13.7. The molecular weight excluding hydrogens is 367 g/mol. The van der Waals surface area contributed by atoms with E-state index in [1.165, 1.54) is 22.7 Å². The maximum atomic E-state index is 13.7. The Morgan fingerprint density at radius 3 is 2.67 bits per heavy atom. The van der Waals surface area contributed by atoms with Crippen LogP contribution in [0.5, 0.6) is 5.75 Å². The van der Waals surface area contributed by atoms with Gasteiger partial charge in [-0.05, 0) is 30.3 Å². The van der Waals surface area contributed by atoms with E-state index in [-0.39, 0.29) is 24.0 Å². The van der Waals surface area contributed by atoms with Gasteiger partial charge >= 0.3 is 0 Å². The number of methoxy groups -OCH3 is 1. The summed E-state index contributed by atoms with van der Waals surface area (Å²) in [5.74, 6) is 1.11. The number of rotatable bonds is 7. The van der Waals surface area contributed by atoms with Crippen LogP contribution in [0.2, 0.25) is 0 Å². The predicted octanol–water partition coefficient (Wildman–Crippen LogP) is 3.37. The van der Waals surface area contributed by atoms with E-state index in [0.717, 1.165) is 11.3 Å². The van der Waals surface area contributed by atoms with E-state index in [1.807, 2.05) is 24.3 Å². The number of carbonyl (C=O) groups excluding carboxylic acids is 1. The molecule has 6 nitrogen and oxygen atoms in total. The molecule has 0 aliphatic heterocycles. The first-order valence-electron chi connectivity index (χ1n) is 8.24. The van der Waals surface area contributed by atoms with Crippen molar-refractivity contribution < 1.29 is 13.9 Å². The summed E-state index contributed by atoms with van der Waals surface area (Å²) < 4.78 is 18.8. The van der Waals surface area contributed by atoms with Crippen LogP contribution in [0, 0.1) is 5.82 Å². The van der Waals surface area contributed by atoms with Gasteiger partial charge in [0.15, 0.2) is 5.82 Å². The summed E-state index contributed by atoms with van der Waals surface area (Å²) in [5.41, 5.74) is 1.36. The molecular formula is C19H19FN4O2S. The predicted molar refractivity (Wildman–Crippen MR) is 102 cm³/mol. The topological polar surface area (TPSA) is 71.1 Å². The van der Waals surface area contributed by atoms with Gasteiger partial charge in [0.25, 0.3) is 0 Å². The fourth-order valence-electron chi connectivity index (χ4n) is 2.40. The number of ether oxygens (including phenoxy) is 1. The van der Waals surface area contributed by atoms with E-state index in [2.05, 4.69) is 15.2 Å². The zero-order valence-corrected chi connectivity index (χ0v) is 15.8. The van der Waals surface area contributed by atoms with E-state index in [9.17, 15) is 9.18 Å². The molecule has 0 aliphatic rings. The van der Waals surface area contributed by atoms with Crippen LogP contribution in [0.1, 0.15) is 5.56 Å². The highest BCUT2D eigenvalue weighted by atomic mass is 32.2. The fourth-order valence-corrected chi connectivity index (χ4v) is 3.13. The van der Waals surface area contributed by atoms with E-state index in [1.54, 1.807) is 32.4 Å². The van der Waals surface area contributed by atoms with Gasteiger partial charge in [0.2, 0.25) is 11.1 Å². The summed E-state index contributed by atoms with van der Waals surface area (Å²) in [6, 6.07) is 13.9. The van der Waals surface area contributed by atoms with Crippen molar-refractivity contribution in [1.29, 1.82) is 0 Å². The van der Waals surface area contributed by atoms with Crippen molar-refractivity contribution >= 4 is 17.7 Å². The number of aromatic amines is 1. The quantitative estimate of drug-likeness (QED) is 0.631. The normalized spacial score (nSPS) is 10.6. The average molecular weight is 386 g/mol. The lowest BCUT2D eigenvalue weighted by molar-refractivity contribution is -0.127. The Kier molecular flexibility index (Phi) is 6.08. The SMILES string of the molecule is COc1ccc(-c2nc(SCC(=O)N(C)Cc3ccccc3F)n[nH]2)cc1. The Morgan fingerprint density at radius 2 is 1.96 bits per heavy atom. The number of amides is 1. The average Bonchev–Trinajstić information content (AvgIpc) is 3.17. The third kappa shape index (κ3) is 4.85. The number of benzene rings is 2. The lowest BCUT2D eigenvalue weighted by Crippen LogP contribution is -2.28. The van der Waals surface area contributed by atoms with Crippen LogP contribution >= 0.6 is 11.8 Å². The third-order valence-corrected chi connectivity index (χ3v) is 4.78. The first-order chi connectivity index (χ1) is 13.1. The minimum Gasteiger partial charge on any atom is -0.497 e. The zero-order chi connectivity index (χ0) is 19.2. The molecule has 1 heterocycles. The number of halogens is 1. The Bertz CT molecular complexity index is 914. The van der Waals surface area contributed by atoms with Crippen molar-refractivity contribution in [3.8, 4) is 17.1 Å². The molecule has 3 aromatic rings. The molecule has 0 saturated carbocycles. The molecule has 0 unspecified atom stereocenters. The van der Waals surface area contributed by atoms with Gasteiger partial charge in [-0.15, -0.1) is 5.10 Å². The number of hydrogen-bond donors (Lipinski definition) is 1. The maximum Gasteiger partial charge on any atom is 0.233 e. The zero-order valence-electron chi connectivity index (χ0n) is 15.0. The molecule has 0 atom stereocenters. The summed E-state index contributed by atoms with van der Waals surface area (Å²) in [6.07, 6.45) is 0. The highest BCUT2D eigenvalue weighted by Gasteiger charge is 2.14. The van der Waals surface area contributed by atoms with Crippen LogP contribution in [0.25, 0.3) is 11.4 Å². The Balaban J connectivity index is 1.56. The summed E-state index contributed by atoms with van der Waals surface area (Å²) >= 11 is 1.23. The molecule has 0 fully saturated rings. The molecule has 27 heavy (non-hydrogen) atoms. The van der Waals surface area contributed by atoms with Crippen LogP contribution < -0.4 is 4.74 Å². The number of H-pyrrole nitrogens is 1. The smallest absolute Gasteiger partial charge is 0.233 e. The number of aromatic nitrogens is 3. The molecule has 0 aliphatic carbocycles. The molecule has 1 aromatic heterocycles. The molecule has 0 saturated heterocycles. The van der Waals surface area contributed by atoms with Gasteiger partial charge in [0.05, 0.1) is 12.9 Å². The van der Waals surface area contributed by atoms with Gasteiger partial charge in [0.1, 0.15) is 11.6 Å². The van der Waals surface area contributed by atoms with Crippen LogP contribution in [-0.2, 0) is 11.3 Å². The van der Waals surface area contributed by atoms with E-state index in [4.69, 9.17) is 4.74 Å². The van der Waals surface area contributed by atoms with E-state index >= 15 is 0 Å². The molecule has 0 spiro atoms. The highest BCUT2D eigenvalue weighted by Crippen LogP contribution is 2.22. The first kappa shape index (κ1) is 18.9. The summed E-state index contributed by atoms with van der Waals surface area (Å²) in [4.78, 5) is 18.2. The van der Waals surface area contributed by atoms with E-state index in [0.29, 0.717) is 16.5 Å². The summed E-state index contributed by atoms with van der Waals surface area (Å²) in [7, 11) is 3.26. The second-order valence-corrected chi connectivity index (χ2v) is 6.77. The van der Waals surface area contributed by atoms with Gasteiger partial charge in [-0.25, -0.2) is 9.37 Å². The molecule has 140 valence electrons. The van der Waals surface area contributed by atoms with Gasteiger partial charge in [0, 0.05) is 24.7 Å². The molecule has 0 radical (unpaired) electrons. The van der Waals surface area contributed by atoms with Crippen LogP contribution in [0.15, 0.2) is 53.7 Å². The van der Waals surface area contributed by atoms with Crippen molar-refractivity contribution in [3.63, 3.8) is 0 Å². The van der Waals surface area contributed by atoms with Crippen molar-refractivity contribution in [2.75, 3.05) is 19.9 Å². The Hall–Kier alpha value is -2.87. The number of carbonyl (C=O) groups is 1. The van der Waals surface area contributed by atoms with E-state index < -0.39 is 0 Å². The van der Waals surface area contributed by atoms with Crippen molar-refractivity contribution in [3.05, 3.63) is 59.9 Å². The molecule has 8 heteroatoms. The lowest BCUT2D eigenvalue weighted by Gasteiger charge is -2.17. The Labute approximate surface area is 160 Å². The fraction of sp³-hybridized carbons (Fsp3) is 0.211. The second-order valence-electron chi connectivity index (χ2n) is 5.82.